The number of aliphatic imine (C=N–C) groups is 1. The van der Waals surface area contributed by atoms with E-state index in [1.165, 1.54) is 11.3 Å². The number of para-hydroxylation sites is 1. The fourth-order valence-electron chi connectivity index (χ4n) is 3.84. The molecule has 2 aromatic carbocycles. The summed E-state index contributed by atoms with van der Waals surface area (Å²) >= 11 is 0. The molecule has 6 nitrogen and oxygen atoms in total. The Labute approximate surface area is 203 Å². The minimum absolute atomic E-state index is 0. The largest absolute Gasteiger partial charge is 0.366 e. The van der Waals surface area contributed by atoms with Gasteiger partial charge in [-0.3, -0.25) is 9.79 Å². The summed E-state index contributed by atoms with van der Waals surface area (Å²) in [7, 11) is 5.34. The molecule has 31 heavy (non-hydrogen) atoms. The van der Waals surface area contributed by atoms with Gasteiger partial charge < -0.3 is 20.4 Å². The fraction of sp³-hybridized carbons (Fsp3) is 0.417. The molecule has 2 N–H and O–H groups in total. The molecule has 1 atom stereocenters. The molecule has 0 saturated carbocycles. The second-order valence-corrected chi connectivity index (χ2v) is 7.95. The molecule has 1 heterocycles. The summed E-state index contributed by atoms with van der Waals surface area (Å²) < 4.78 is 0. The summed E-state index contributed by atoms with van der Waals surface area (Å²) in [5.74, 6) is 0.828. The maximum atomic E-state index is 12.1. The number of carbonyl (C=O) groups excluding carboxylic acids is 1. The van der Waals surface area contributed by atoms with Gasteiger partial charge >= 0.3 is 0 Å². The molecule has 0 aromatic heterocycles. The van der Waals surface area contributed by atoms with Crippen molar-refractivity contribution in [3.8, 4) is 0 Å². The van der Waals surface area contributed by atoms with Gasteiger partial charge in [-0.1, -0.05) is 30.3 Å². The maximum absolute atomic E-state index is 12.1. The third-order valence-electron chi connectivity index (χ3n) is 5.53. The number of carbonyl (C=O) groups is 1. The first-order chi connectivity index (χ1) is 14.5. The quantitative estimate of drug-likeness (QED) is 0.325. The number of fused-ring (bicyclic) bond motifs is 1. The zero-order valence-electron chi connectivity index (χ0n) is 18.9. The minimum Gasteiger partial charge on any atom is -0.366 e. The number of amides is 1. The third-order valence-corrected chi connectivity index (χ3v) is 5.53. The van der Waals surface area contributed by atoms with Crippen LogP contribution < -0.4 is 15.5 Å². The van der Waals surface area contributed by atoms with Gasteiger partial charge in [0.2, 0.25) is 0 Å². The van der Waals surface area contributed by atoms with E-state index in [2.05, 4.69) is 57.8 Å². The van der Waals surface area contributed by atoms with Crippen LogP contribution in [-0.4, -0.2) is 63.6 Å². The topological polar surface area (TPSA) is 60.0 Å². The molecule has 0 bridgehead atoms. The number of benzene rings is 2. The lowest BCUT2D eigenvalue weighted by molar-refractivity contribution is 0.0827. The van der Waals surface area contributed by atoms with Gasteiger partial charge in [0.05, 0.1) is 0 Å². The summed E-state index contributed by atoms with van der Waals surface area (Å²) in [6.07, 6.45) is 1.94. The summed E-state index contributed by atoms with van der Waals surface area (Å²) in [6.45, 7) is 4.88. The average Bonchev–Trinajstić information content (AvgIpc) is 3.19. The number of rotatable bonds is 7. The molecule has 1 amide bonds. The molecule has 1 unspecified atom stereocenters. The highest BCUT2D eigenvalue weighted by Crippen LogP contribution is 2.28. The van der Waals surface area contributed by atoms with Crippen LogP contribution in [0.15, 0.2) is 53.5 Å². The van der Waals surface area contributed by atoms with E-state index in [9.17, 15) is 4.79 Å². The first kappa shape index (κ1) is 25.0. The SMILES string of the molecule is CN=C(NCCc1cccc(C(=O)N(C)C)c1)NCC(C)N1CCc2ccccc21.I. The van der Waals surface area contributed by atoms with Crippen LogP contribution in [0, 0.1) is 0 Å². The van der Waals surface area contributed by atoms with Gasteiger partial charge in [-0.2, -0.15) is 0 Å². The molecule has 7 heteroatoms. The van der Waals surface area contributed by atoms with Gasteiger partial charge in [0.1, 0.15) is 0 Å². The van der Waals surface area contributed by atoms with E-state index in [1.54, 1.807) is 26.0 Å². The number of nitrogens with one attached hydrogen (secondary N) is 2. The average molecular weight is 535 g/mol. The second kappa shape index (κ2) is 11.9. The smallest absolute Gasteiger partial charge is 0.253 e. The van der Waals surface area contributed by atoms with Crippen molar-refractivity contribution < 1.29 is 4.79 Å². The predicted molar refractivity (Wildman–Crippen MR) is 140 cm³/mol. The summed E-state index contributed by atoms with van der Waals surface area (Å²) in [5, 5.41) is 6.82. The van der Waals surface area contributed by atoms with E-state index in [1.807, 2.05) is 18.2 Å². The molecule has 0 aliphatic carbocycles. The van der Waals surface area contributed by atoms with Crippen molar-refractivity contribution >= 4 is 41.5 Å². The molecule has 0 radical (unpaired) electrons. The molecule has 0 spiro atoms. The molecule has 0 saturated heterocycles. The molecule has 1 aliphatic rings. The first-order valence-electron chi connectivity index (χ1n) is 10.6. The van der Waals surface area contributed by atoms with Crippen molar-refractivity contribution in [2.75, 3.05) is 45.7 Å². The Bertz CT molecular complexity index is 899. The highest BCUT2D eigenvalue weighted by atomic mass is 127. The van der Waals surface area contributed by atoms with Crippen LogP contribution in [0.2, 0.25) is 0 Å². The lowest BCUT2D eigenvalue weighted by atomic mass is 10.1. The van der Waals surface area contributed by atoms with Crippen molar-refractivity contribution in [2.24, 2.45) is 4.99 Å². The van der Waals surface area contributed by atoms with E-state index in [0.29, 0.717) is 6.04 Å². The molecule has 0 fully saturated rings. The number of anilines is 1. The second-order valence-electron chi connectivity index (χ2n) is 7.95. The fourth-order valence-corrected chi connectivity index (χ4v) is 3.84. The zero-order chi connectivity index (χ0) is 21.5. The van der Waals surface area contributed by atoms with Crippen LogP contribution in [0.5, 0.6) is 0 Å². The standard InChI is InChI=1S/C24H33N5O.HI/c1-18(29-15-13-20-9-5-6-11-22(20)29)17-27-24(25-2)26-14-12-19-8-7-10-21(16-19)23(30)28(3)4;/h5-11,16,18H,12-15,17H2,1-4H3,(H2,25,26,27);1H. The highest BCUT2D eigenvalue weighted by Gasteiger charge is 2.22. The number of halogens is 1. The van der Waals surface area contributed by atoms with Gasteiger partial charge in [-0.15, -0.1) is 24.0 Å². The van der Waals surface area contributed by atoms with Gasteiger partial charge in [0.25, 0.3) is 5.91 Å². The van der Waals surface area contributed by atoms with Crippen molar-refractivity contribution in [3.63, 3.8) is 0 Å². The minimum atomic E-state index is 0. The summed E-state index contributed by atoms with van der Waals surface area (Å²) in [4.78, 5) is 20.5. The summed E-state index contributed by atoms with van der Waals surface area (Å²) in [5.41, 5.74) is 4.64. The van der Waals surface area contributed by atoms with Crippen LogP contribution in [-0.2, 0) is 12.8 Å². The molecule has 1 aliphatic heterocycles. The normalized spacial score (nSPS) is 13.8. The van der Waals surface area contributed by atoms with Crippen LogP contribution in [0.3, 0.4) is 0 Å². The number of hydrogen-bond acceptors (Lipinski definition) is 3. The van der Waals surface area contributed by atoms with Crippen molar-refractivity contribution in [1.82, 2.24) is 15.5 Å². The van der Waals surface area contributed by atoms with Crippen molar-refractivity contribution in [2.45, 2.75) is 25.8 Å². The van der Waals surface area contributed by atoms with Gasteiger partial charge in [0.15, 0.2) is 5.96 Å². The van der Waals surface area contributed by atoms with E-state index >= 15 is 0 Å². The van der Waals surface area contributed by atoms with Crippen molar-refractivity contribution in [3.05, 3.63) is 65.2 Å². The third kappa shape index (κ3) is 6.59. The van der Waals surface area contributed by atoms with Crippen LogP contribution in [0.1, 0.15) is 28.4 Å². The van der Waals surface area contributed by atoms with Gasteiger partial charge in [0, 0.05) is 58.1 Å². The Morgan fingerprint density at radius 3 is 2.68 bits per heavy atom. The van der Waals surface area contributed by atoms with Gasteiger partial charge in [-0.25, -0.2) is 0 Å². The van der Waals surface area contributed by atoms with Crippen LogP contribution in [0.25, 0.3) is 0 Å². The molecular formula is C24H34IN5O. The predicted octanol–water partition coefficient (Wildman–Crippen LogP) is 3.17. The Kier molecular flexibility index (Phi) is 9.61. The Balaban J connectivity index is 0.00000341. The van der Waals surface area contributed by atoms with Crippen LogP contribution in [0.4, 0.5) is 5.69 Å². The van der Waals surface area contributed by atoms with E-state index in [-0.39, 0.29) is 29.9 Å². The van der Waals surface area contributed by atoms with Crippen molar-refractivity contribution in [1.29, 1.82) is 0 Å². The lowest BCUT2D eigenvalue weighted by Crippen LogP contribution is -2.46. The molecule has 3 rings (SSSR count). The molecule has 168 valence electrons. The van der Waals surface area contributed by atoms with E-state index in [4.69, 9.17) is 0 Å². The van der Waals surface area contributed by atoms with E-state index in [0.717, 1.165) is 49.6 Å². The monoisotopic (exact) mass is 535 g/mol. The van der Waals surface area contributed by atoms with Crippen LogP contribution >= 0.6 is 24.0 Å². The Morgan fingerprint density at radius 2 is 1.94 bits per heavy atom. The van der Waals surface area contributed by atoms with Gasteiger partial charge in [-0.05, 0) is 49.1 Å². The Morgan fingerprint density at radius 1 is 1.16 bits per heavy atom. The number of nitrogens with zero attached hydrogens (tertiary/aromatic N) is 3. The lowest BCUT2D eigenvalue weighted by Gasteiger charge is -2.28. The highest BCUT2D eigenvalue weighted by molar-refractivity contribution is 14.0. The maximum Gasteiger partial charge on any atom is 0.253 e. The number of guanidine groups is 1. The number of hydrogen-bond donors (Lipinski definition) is 2. The van der Waals surface area contributed by atoms with E-state index < -0.39 is 0 Å². The first-order valence-corrected chi connectivity index (χ1v) is 10.6. The molecule has 2 aromatic rings. The zero-order valence-corrected chi connectivity index (χ0v) is 21.2. The molecular weight excluding hydrogens is 501 g/mol. The summed E-state index contributed by atoms with van der Waals surface area (Å²) in [6, 6.07) is 16.8. The Hall–Kier alpha value is -2.29.